The van der Waals surface area contributed by atoms with E-state index in [-0.39, 0.29) is 0 Å². The Kier molecular flexibility index (Phi) is 6.39. The fourth-order valence-corrected chi connectivity index (χ4v) is 2.77. The molecular formula is C20H9F11N2O2. The molecule has 0 aliphatic carbocycles. The smallest absolute Gasteiger partial charge is 0.423 e. The van der Waals surface area contributed by atoms with Gasteiger partial charge in [-0.1, -0.05) is 0 Å². The molecule has 0 fully saturated rings. The average molecular weight is 518 g/mol. The Hall–Kier alpha value is -3.91. The van der Waals surface area contributed by atoms with Crippen LogP contribution in [0.3, 0.4) is 0 Å². The highest BCUT2D eigenvalue weighted by Crippen LogP contribution is 2.52. The molecule has 4 N–H and O–H groups in total. The lowest BCUT2D eigenvalue weighted by Crippen LogP contribution is -2.17. The van der Waals surface area contributed by atoms with Gasteiger partial charge in [-0.3, -0.25) is 0 Å². The molecule has 3 aromatic rings. The zero-order valence-electron chi connectivity index (χ0n) is 16.5. The summed E-state index contributed by atoms with van der Waals surface area (Å²) in [6, 6.07) is 1.03. The average Bonchev–Trinajstić information content (AvgIpc) is 2.74. The lowest BCUT2D eigenvalue weighted by molar-refractivity contribution is -0.146. The number of hydrogen-bond donors (Lipinski definition) is 2. The third kappa shape index (κ3) is 4.83. The zero-order chi connectivity index (χ0) is 26.5. The minimum atomic E-state index is -5.89. The van der Waals surface area contributed by atoms with Crippen LogP contribution in [0.2, 0.25) is 0 Å². The van der Waals surface area contributed by atoms with E-state index in [0.717, 1.165) is 0 Å². The first kappa shape index (κ1) is 25.7. The van der Waals surface area contributed by atoms with Crippen LogP contribution in [0.5, 0.6) is 23.0 Å². The van der Waals surface area contributed by atoms with Crippen LogP contribution in [0.4, 0.5) is 59.7 Å². The van der Waals surface area contributed by atoms with Gasteiger partial charge in [-0.25, -0.2) is 22.0 Å². The molecule has 0 aromatic heterocycles. The second-order valence-corrected chi connectivity index (χ2v) is 6.69. The standard InChI is InChI=1S/C20H9F11N2O2/c21-7-1-3-10(13(24)15(7)32)34-17-6(19(26,27)28)5-9(23)18(12(17)20(29,30)31)35-11-4-2-8(22)16(33)14(11)25/h1-5H,32-33H2. The Balaban J connectivity index is 2.34. The van der Waals surface area contributed by atoms with E-state index in [1.54, 1.807) is 0 Å². The van der Waals surface area contributed by atoms with E-state index in [2.05, 4.69) is 9.47 Å². The highest BCUT2D eigenvalue weighted by atomic mass is 19.4. The monoisotopic (exact) mass is 518 g/mol. The molecule has 4 nitrogen and oxygen atoms in total. The maximum absolute atomic E-state index is 14.5. The zero-order valence-corrected chi connectivity index (χ0v) is 16.5. The minimum Gasteiger partial charge on any atom is -0.453 e. The number of halogens is 11. The van der Waals surface area contributed by atoms with Crippen LogP contribution >= 0.6 is 0 Å². The third-order valence-corrected chi connectivity index (χ3v) is 4.38. The molecule has 0 atom stereocenters. The lowest BCUT2D eigenvalue weighted by atomic mass is 10.1. The Morgan fingerprint density at radius 2 is 1.00 bits per heavy atom. The summed E-state index contributed by atoms with van der Waals surface area (Å²) in [4.78, 5) is 0. The molecule has 188 valence electrons. The molecule has 0 saturated heterocycles. The molecule has 0 unspecified atom stereocenters. The molecule has 0 bridgehead atoms. The third-order valence-electron chi connectivity index (χ3n) is 4.38. The number of nitrogens with two attached hydrogens (primary N) is 2. The van der Waals surface area contributed by atoms with Gasteiger partial charge >= 0.3 is 12.4 Å². The molecule has 0 amide bonds. The van der Waals surface area contributed by atoms with E-state index in [0.29, 0.717) is 24.3 Å². The van der Waals surface area contributed by atoms with Crippen molar-refractivity contribution < 1.29 is 57.8 Å². The predicted octanol–water partition coefficient (Wildman–Crippen LogP) is 7.17. The fraction of sp³-hybridized carbons (Fsp3) is 0.100. The van der Waals surface area contributed by atoms with Crippen LogP contribution in [0.25, 0.3) is 0 Å². The molecule has 15 heteroatoms. The van der Waals surface area contributed by atoms with Crippen LogP contribution < -0.4 is 20.9 Å². The molecule has 0 radical (unpaired) electrons. The van der Waals surface area contributed by atoms with Crippen molar-refractivity contribution in [1.29, 1.82) is 0 Å². The quantitative estimate of drug-likeness (QED) is 0.284. The van der Waals surface area contributed by atoms with Gasteiger partial charge in [0.1, 0.15) is 34.1 Å². The largest absolute Gasteiger partial charge is 0.453 e. The number of benzene rings is 3. The number of ether oxygens (including phenoxy) is 2. The normalized spacial score (nSPS) is 12.1. The SMILES string of the molecule is Nc1c(F)ccc(Oc2c(F)cc(C(F)(F)F)c(Oc3ccc(F)c(N)c3F)c2C(F)(F)F)c1F. The summed E-state index contributed by atoms with van der Waals surface area (Å²) in [7, 11) is 0. The molecule has 0 spiro atoms. The van der Waals surface area contributed by atoms with Gasteiger partial charge in [-0.05, 0) is 30.3 Å². The van der Waals surface area contributed by atoms with Gasteiger partial charge in [0.05, 0.1) is 0 Å². The van der Waals surface area contributed by atoms with Crippen molar-refractivity contribution >= 4 is 11.4 Å². The summed E-state index contributed by atoms with van der Waals surface area (Å²) >= 11 is 0. The topological polar surface area (TPSA) is 70.5 Å². The Labute approximate surface area is 187 Å². The van der Waals surface area contributed by atoms with Crippen LogP contribution in [0.15, 0.2) is 30.3 Å². The van der Waals surface area contributed by atoms with E-state index >= 15 is 0 Å². The summed E-state index contributed by atoms with van der Waals surface area (Å²) < 4.78 is 161. The minimum absolute atomic E-state index is 0.325. The van der Waals surface area contributed by atoms with Gasteiger partial charge in [0.25, 0.3) is 0 Å². The number of anilines is 2. The van der Waals surface area contributed by atoms with Crippen molar-refractivity contribution in [3.8, 4) is 23.0 Å². The molecular weight excluding hydrogens is 509 g/mol. The summed E-state index contributed by atoms with van der Waals surface area (Å²) in [6.45, 7) is 0. The van der Waals surface area contributed by atoms with Gasteiger partial charge < -0.3 is 20.9 Å². The first-order valence-corrected chi connectivity index (χ1v) is 8.87. The molecule has 0 aliphatic heterocycles. The van der Waals surface area contributed by atoms with E-state index in [1.165, 1.54) is 0 Å². The van der Waals surface area contributed by atoms with Crippen LogP contribution in [0.1, 0.15) is 11.1 Å². The van der Waals surface area contributed by atoms with Crippen molar-refractivity contribution in [3.63, 3.8) is 0 Å². The Morgan fingerprint density at radius 1 is 0.571 bits per heavy atom. The first-order valence-electron chi connectivity index (χ1n) is 8.87. The predicted molar refractivity (Wildman–Crippen MR) is 98.1 cm³/mol. The summed E-state index contributed by atoms with van der Waals surface area (Å²) in [5, 5.41) is 0. The highest BCUT2D eigenvalue weighted by molar-refractivity contribution is 5.58. The van der Waals surface area contributed by atoms with Gasteiger partial charge in [0.2, 0.25) is 0 Å². The molecule has 3 rings (SSSR count). The van der Waals surface area contributed by atoms with Gasteiger partial charge in [0.15, 0.2) is 40.4 Å². The van der Waals surface area contributed by atoms with Gasteiger partial charge in [-0.2, -0.15) is 26.3 Å². The maximum atomic E-state index is 14.5. The molecule has 3 aromatic carbocycles. The molecule has 0 saturated carbocycles. The first-order chi connectivity index (χ1) is 16.0. The number of rotatable bonds is 4. The molecule has 0 heterocycles. The second kappa shape index (κ2) is 8.70. The summed E-state index contributed by atoms with van der Waals surface area (Å²) in [5.74, 6) is -15.7. The van der Waals surface area contributed by atoms with Gasteiger partial charge in [0, 0.05) is 0 Å². The van der Waals surface area contributed by atoms with Crippen LogP contribution in [-0.2, 0) is 12.4 Å². The summed E-state index contributed by atoms with van der Waals surface area (Å²) in [6.07, 6.45) is -11.6. The van der Waals surface area contributed by atoms with Crippen molar-refractivity contribution in [3.05, 3.63) is 70.5 Å². The van der Waals surface area contributed by atoms with E-state index in [1.807, 2.05) is 0 Å². The number of nitrogen functional groups attached to an aromatic ring is 2. The number of hydrogen-bond acceptors (Lipinski definition) is 4. The highest BCUT2D eigenvalue weighted by Gasteiger charge is 2.47. The van der Waals surface area contributed by atoms with Crippen molar-refractivity contribution in [2.24, 2.45) is 0 Å². The Morgan fingerprint density at radius 3 is 1.40 bits per heavy atom. The Bertz CT molecular complexity index is 1300. The van der Waals surface area contributed by atoms with E-state index < -0.39 is 93.0 Å². The van der Waals surface area contributed by atoms with Crippen LogP contribution in [0, 0.1) is 29.1 Å². The maximum Gasteiger partial charge on any atom is 0.423 e. The number of alkyl halides is 6. The molecule has 0 aliphatic rings. The van der Waals surface area contributed by atoms with Gasteiger partial charge in [-0.15, -0.1) is 0 Å². The lowest BCUT2D eigenvalue weighted by Gasteiger charge is -2.23. The van der Waals surface area contributed by atoms with E-state index in [4.69, 9.17) is 11.5 Å². The molecule has 35 heavy (non-hydrogen) atoms. The van der Waals surface area contributed by atoms with Crippen molar-refractivity contribution in [2.75, 3.05) is 11.5 Å². The van der Waals surface area contributed by atoms with E-state index in [9.17, 15) is 48.3 Å². The summed E-state index contributed by atoms with van der Waals surface area (Å²) in [5.41, 5.74) is 2.58. The second-order valence-electron chi connectivity index (χ2n) is 6.69. The van der Waals surface area contributed by atoms with Crippen molar-refractivity contribution in [2.45, 2.75) is 12.4 Å². The fourth-order valence-electron chi connectivity index (χ4n) is 2.77. The van der Waals surface area contributed by atoms with Crippen molar-refractivity contribution in [1.82, 2.24) is 0 Å². The van der Waals surface area contributed by atoms with Crippen LogP contribution in [-0.4, -0.2) is 0 Å².